The van der Waals surface area contributed by atoms with Crippen LogP contribution in [0.25, 0.3) is 11.0 Å². The monoisotopic (exact) mass is 617 g/mol. The number of rotatable bonds is 10. The highest BCUT2D eigenvalue weighted by Gasteiger charge is 2.49. The van der Waals surface area contributed by atoms with E-state index in [0.717, 1.165) is 29.4 Å². The molecule has 242 valence electrons. The van der Waals surface area contributed by atoms with E-state index in [1.54, 1.807) is 13.2 Å². The predicted octanol–water partition coefficient (Wildman–Crippen LogP) is 1.87. The molecule has 0 saturated carbocycles. The summed E-state index contributed by atoms with van der Waals surface area (Å²) in [6, 6.07) is 0. The number of nitrogens with one attached hydrogen (secondary N) is 1. The van der Waals surface area contributed by atoms with Crippen LogP contribution in [-0.4, -0.2) is 89.4 Å². The summed E-state index contributed by atoms with van der Waals surface area (Å²) in [4.78, 5) is 26.2. The average Bonchev–Trinajstić information content (AvgIpc) is 3.55. The summed E-state index contributed by atoms with van der Waals surface area (Å²) >= 11 is 0. The fourth-order valence-corrected chi connectivity index (χ4v) is 7.47. The first-order valence-electron chi connectivity index (χ1n) is 15.8. The zero-order valence-corrected chi connectivity index (χ0v) is 25.4. The molecule has 9 unspecified atom stereocenters. The van der Waals surface area contributed by atoms with Crippen molar-refractivity contribution in [3.8, 4) is 11.5 Å². The Balaban J connectivity index is 1.52. The molecule has 12 heteroatoms. The molecule has 0 radical (unpaired) electrons. The SMILES string of the molecule is CCOC(=O)C1Cc2c(OC3OC(CO)C(O)C(O)C3O)c(OCCCC(C)C)c3occ4c3c2C(C1)CC1C(=O)NCC41. The first kappa shape index (κ1) is 31.1. The Morgan fingerprint density at radius 1 is 1.11 bits per heavy atom. The second-order valence-electron chi connectivity index (χ2n) is 12.9. The van der Waals surface area contributed by atoms with Gasteiger partial charge in [-0.05, 0) is 56.4 Å². The summed E-state index contributed by atoms with van der Waals surface area (Å²) in [7, 11) is 0. The van der Waals surface area contributed by atoms with E-state index < -0.39 is 43.2 Å². The van der Waals surface area contributed by atoms with Gasteiger partial charge in [-0.25, -0.2) is 0 Å². The van der Waals surface area contributed by atoms with Crippen LogP contribution >= 0.6 is 0 Å². The number of carbonyl (C=O) groups is 2. The van der Waals surface area contributed by atoms with Crippen molar-refractivity contribution in [2.45, 2.75) is 95.4 Å². The Labute approximate surface area is 255 Å². The summed E-state index contributed by atoms with van der Waals surface area (Å²) in [5.74, 6) is -0.544. The Morgan fingerprint density at radius 3 is 2.64 bits per heavy atom. The number of amides is 1. The van der Waals surface area contributed by atoms with Gasteiger partial charge in [0.15, 0.2) is 11.3 Å². The molecular formula is C32H43NO11. The largest absolute Gasteiger partial charge is 0.486 e. The predicted molar refractivity (Wildman–Crippen MR) is 155 cm³/mol. The van der Waals surface area contributed by atoms with Gasteiger partial charge in [-0.15, -0.1) is 0 Å². The van der Waals surface area contributed by atoms with E-state index in [-0.39, 0.29) is 54.2 Å². The van der Waals surface area contributed by atoms with Crippen molar-refractivity contribution >= 4 is 22.8 Å². The molecular weight excluding hydrogens is 574 g/mol. The number of hydrogen-bond acceptors (Lipinski definition) is 11. The number of fused-ring (bicyclic) bond motifs is 2. The quantitative estimate of drug-likeness (QED) is 0.194. The number of aliphatic hydroxyl groups is 4. The van der Waals surface area contributed by atoms with Gasteiger partial charge in [0.25, 0.3) is 0 Å². The van der Waals surface area contributed by atoms with Gasteiger partial charge in [0, 0.05) is 34.9 Å². The number of aliphatic hydroxyl groups excluding tert-OH is 4. The van der Waals surface area contributed by atoms with E-state index in [1.807, 2.05) is 0 Å². The second kappa shape index (κ2) is 12.5. The van der Waals surface area contributed by atoms with Gasteiger partial charge in [-0.2, -0.15) is 0 Å². The van der Waals surface area contributed by atoms with Gasteiger partial charge in [0.2, 0.25) is 17.9 Å². The van der Waals surface area contributed by atoms with E-state index in [9.17, 15) is 30.0 Å². The van der Waals surface area contributed by atoms with Gasteiger partial charge in [0.05, 0.1) is 32.0 Å². The van der Waals surface area contributed by atoms with Crippen LogP contribution in [0.2, 0.25) is 0 Å². The van der Waals surface area contributed by atoms with Crippen molar-refractivity contribution in [1.29, 1.82) is 0 Å². The molecule has 2 fully saturated rings. The van der Waals surface area contributed by atoms with Gasteiger partial charge in [-0.3, -0.25) is 9.59 Å². The lowest BCUT2D eigenvalue weighted by molar-refractivity contribution is -0.277. The topological polar surface area (TPSA) is 177 Å². The Hall–Kier alpha value is -2.90. The summed E-state index contributed by atoms with van der Waals surface area (Å²) in [6.07, 6.45) is -2.89. The lowest BCUT2D eigenvalue weighted by Crippen LogP contribution is -2.60. The molecule has 1 aromatic carbocycles. The second-order valence-corrected chi connectivity index (χ2v) is 12.9. The zero-order chi connectivity index (χ0) is 31.3. The van der Waals surface area contributed by atoms with Gasteiger partial charge >= 0.3 is 5.97 Å². The van der Waals surface area contributed by atoms with Crippen molar-refractivity contribution in [2.75, 3.05) is 26.4 Å². The normalized spacial score (nSPS) is 32.7. The first-order valence-corrected chi connectivity index (χ1v) is 15.8. The van der Waals surface area contributed by atoms with Crippen molar-refractivity contribution in [1.82, 2.24) is 5.32 Å². The molecule has 9 atom stereocenters. The molecule has 3 heterocycles. The Bertz CT molecular complexity index is 1390. The van der Waals surface area contributed by atoms with Crippen LogP contribution in [0.4, 0.5) is 0 Å². The van der Waals surface area contributed by atoms with Crippen molar-refractivity contribution in [3.05, 3.63) is 23.0 Å². The van der Waals surface area contributed by atoms with Crippen molar-refractivity contribution in [3.63, 3.8) is 0 Å². The van der Waals surface area contributed by atoms with E-state index in [1.165, 1.54) is 0 Å². The summed E-state index contributed by atoms with van der Waals surface area (Å²) in [6.45, 7) is 6.44. The molecule has 2 aromatic rings. The molecule has 5 N–H and O–H groups in total. The minimum atomic E-state index is -1.65. The molecule has 2 aliphatic carbocycles. The highest BCUT2D eigenvalue weighted by molar-refractivity contribution is 5.97. The maximum atomic E-state index is 13.2. The maximum absolute atomic E-state index is 13.2. The third-order valence-electron chi connectivity index (χ3n) is 9.66. The molecule has 0 bridgehead atoms. The molecule has 2 aliphatic heterocycles. The third-order valence-corrected chi connectivity index (χ3v) is 9.66. The van der Waals surface area contributed by atoms with Crippen LogP contribution in [-0.2, 0) is 25.5 Å². The number of carbonyl (C=O) groups excluding carboxylic acids is 2. The fourth-order valence-electron chi connectivity index (χ4n) is 7.47. The van der Waals surface area contributed by atoms with Crippen LogP contribution in [0.1, 0.15) is 75.0 Å². The van der Waals surface area contributed by atoms with Gasteiger partial charge in [0.1, 0.15) is 24.4 Å². The standard InChI is InChI=1S/C32H43NO11/c1-4-40-31(39)16-8-15-9-17-19(11-33-30(17)38)20-13-42-28-23(20)22(15)18(10-16)27(29(28)41-7-5-6-14(2)3)44-32-26(37)25(36)24(35)21(12-34)43-32/h13-17,19,21,24-26,32,34-37H,4-12H2,1-3H3,(H,33,38). The van der Waals surface area contributed by atoms with E-state index in [0.29, 0.717) is 43.1 Å². The molecule has 1 amide bonds. The van der Waals surface area contributed by atoms with Crippen LogP contribution in [0.15, 0.2) is 10.7 Å². The molecule has 1 aromatic heterocycles. The van der Waals surface area contributed by atoms with Crippen LogP contribution < -0.4 is 14.8 Å². The highest BCUT2D eigenvalue weighted by Crippen LogP contribution is 2.57. The Morgan fingerprint density at radius 2 is 1.91 bits per heavy atom. The number of esters is 1. The van der Waals surface area contributed by atoms with Crippen LogP contribution in [0, 0.1) is 17.8 Å². The molecule has 44 heavy (non-hydrogen) atoms. The smallest absolute Gasteiger partial charge is 0.309 e. The summed E-state index contributed by atoms with van der Waals surface area (Å²) in [5, 5.41) is 45.4. The van der Waals surface area contributed by atoms with Crippen LogP contribution in [0.3, 0.4) is 0 Å². The molecule has 0 spiro atoms. The van der Waals surface area contributed by atoms with E-state index in [4.69, 9.17) is 23.4 Å². The first-order chi connectivity index (χ1) is 21.1. The minimum absolute atomic E-state index is 0.0279. The zero-order valence-electron chi connectivity index (χ0n) is 25.4. The van der Waals surface area contributed by atoms with Crippen LogP contribution in [0.5, 0.6) is 11.5 Å². The lowest BCUT2D eigenvalue weighted by Gasteiger charge is -2.40. The number of furan rings is 1. The maximum Gasteiger partial charge on any atom is 0.309 e. The van der Waals surface area contributed by atoms with E-state index >= 15 is 0 Å². The molecule has 4 aliphatic rings. The van der Waals surface area contributed by atoms with E-state index in [2.05, 4.69) is 19.2 Å². The number of benzene rings is 1. The molecule has 12 nitrogen and oxygen atoms in total. The van der Waals surface area contributed by atoms with Crippen molar-refractivity contribution < 1.29 is 53.4 Å². The molecule has 6 rings (SSSR count). The summed E-state index contributed by atoms with van der Waals surface area (Å²) in [5.41, 5.74) is 2.94. The Kier molecular flexibility index (Phi) is 8.82. The third kappa shape index (κ3) is 5.34. The van der Waals surface area contributed by atoms with Crippen molar-refractivity contribution in [2.24, 2.45) is 17.8 Å². The minimum Gasteiger partial charge on any atom is -0.486 e. The highest BCUT2D eigenvalue weighted by atomic mass is 16.7. The fraction of sp³-hybridized carbons (Fsp3) is 0.688. The van der Waals surface area contributed by atoms with Gasteiger partial charge in [-0.1, -0.05) is 13.8 Å². The average molecular weight is 618 g/mol. The van der Waals surface area contributed by atoms with Gasteiger partial charge < -0.3 is 49.1 Å². The number of ether oxygens (including phenoxy) is 4. The summed E-state index contributed by atoms with van der Waals surface area (Å²) < 4.78 is 30.2. The number of hydrogen-bond donors (Lipinski definition) is 5. The molecule has 2 saturated heterocycles. The lowest BCUT2D eigenvalue weighted by atomic mass is 9.72.